The Bertz CT molecular complexity index is 686. The second kappa shape index (κ2) is 7.18. The zero-order chi connectivity index (χ0) is 16.1. The third kappa shape index (κ3) is 4.15. The lowest BCUT2D eigenvalue weighted by Gasteiger charge is -2.13. The molecule has 0 saturated carbocycles. The van der Waals surface area contributed by atoms with Gasteiger partial charge in [0.25, 0.3) is 0 Å². The Morgan fingerprint density at radius 2 is 1.95 bits per heavy atom. The molecule has 0 aromatic heterocycles. The van der Waals surface area contributed by atoms with E-state index < -0.39 is 6.09 Å². The molecule has 0 bridgehead atoms. The van der Waals surface area contributed by atoms with E-state index in [0.717, 1.165) is 16.9 Å². The first-order valence-electron chi connectivity index (χ1n) is 6.83. The van der Waals surface area contributed by atoms with Gasteiger partial charge in [0.2, 0.25) is 0 Å². The van der Waals surface area contributed by atoms with E-state index in [1.165, 1.54) is 12.7 Å². The molecule has 116 valence electrons. The van der Waals surface area contributed by atoms with Crippen LogP contribution in [0.15, 0.2) is 36.4 Å². The van der Waals surface area contributed by atoms with Gasteiger partial charge in [-0.25, -0.2) is 4.79 Å². The third-order valence-corrected chi connectivity index (χ3v) is 3.44. The second-order valence-electron chi connectivity index (χ2n) is 4.98. The van der Waals surface area contributed by atoms with Crippen LogP contribution in [0.25, 0.3) is 0 Å². The van der Waals surface area contributed by atoms with Crippen LogP contribution in [0.1, 0.15) is 16.7 Å². The highest BCUT2D eigenvalue weighted by molar-refractivity contribution is 6.31. The van der Waals surface area contributed by atoms with Gasteiger partial charge < -0.3 is 9.47 Å². The van der Waals surface area contributed by atoms with E-state index in [9.17, 15) is 4.79 Å². The smallest absolute Gasteiger partial charge is 0.411 e. The van der Waals surface area contributed by atoms with Crippen molar-refractivity contribution >= 4 is 23.4 Å². The molecule has 1 N–H and O–H groups in total. The Morgan fingerprint density at radius 1 is 1.18 bits per heavy atom. The number of rotatable bonds is 4. The largest absolute Gasteiger partial charge is 0.489 e. The van der Waals surface area contributed by atoms with Crippen molar-refractivity contribution in [3.8, 4) is 5.75 Å². The molecule has 4 nitrogen and oxygen atoms in total. The lowest BCUT2D eigenvalue weighted by Crippen LogP contribution is -2.13. The second-order valence-corrected chi connectivity index (χ2v) is 5.41. The Hall–Kier alpha value is -2.20. The maximum Gasteiger partial charge on any atom is 0.411 e. The molecule has 0 unspecified atom stereocenters. The summed E-state index contributed by atoms with van der Waals surface area (Å²) in [6.45, 7) is 4.35. The Morgan fingerprint density at radius 3 is 2.64 bits per heavy atom. The van der Waals surface area contributed by atoms with Gasteiger partial charge in [-0.05, 0) is 37.6 Å². The average molecular weight is 320 g/mol. The van der Waals surface area contributed by atoms with E-state index in [4.69, 9.17) is 16.3 Å². The van der Waals surface area contributed by atoms with Crippen LogP contribution >= 0.6 is 11.6 Å². The van der Waals surface area contributed by atoms with Crippen molar-refractivity contribution in [1.82, 2.24) is 0 Å². The van der Waals surface area contributed by atoms with Gasteiger partial charge in [-0.2, -0.15) is 0 Å². The highest BCUT2D eigenvalue weighted by atomic mass is 35.5. The topological polar surface area (TPSA) is 47.6 Å². The monoisotopic (exact) mass is 319 g/mol. The summed E-state index contributed by atoms with van der Waals surface area (Å²) in [5, 5.41) is 3.16. The number of methoxy groups -OCH3 is 1. The lowest BCUT2D eigenvalue weighted by molar-refractivity contribution is 0.187. The maximum absolute atomic E-state index is 11.4. The average Bonchev–Trinajstić information content (AvgIpc) is 2.48. The maximum atomic E-state index is 11.4. The molecule has 2 aromatic carbocycles. The minimum Gasteiger partial charge on any atom is -0.489 e. The first kappa shape index (κ1) is 16.2. The summed E-state index contributed by atoms with van der Waals surface area (Å²) in [6, 6.07) is 11.2. The molecule has 0 saturated heterocycles. The number of nitrogens with one attached hydrogen (secondary N) is 1. The number of amides is 1. The van der Waals surface area contributed by atoms with Crippen molar-refractivity contribution in [2.45, 2.75) is 20.5 Å². The van der Waals surface area contributed by atoms with Crippen molar-refractivity contribution in [3.05, 3.63) is 58.1 Å². The highest BCUT2D eigenvalue weighted by Crippen LogP contribution is 2.25. The summed E-state index contributed by atoms with van der Waals surface area (Å²) in [6.07, 6.45) is -0.546. The van der Waals surface area contributed by atoms with Crippen LogP contribution in [-0.4, -0.2) is 13.2 Å². The van der Waals surface area contributed by atoms with Gasteiger partial charge in [-0.1, -0.05) is 35.4 Å². The summed E-state index contributed by atoms with van der Waals surface area (Å²) in [5.74, 6) is 0.810. The number of ether oxygens (including phenoxy) is 2. The lowest BCUT2D eigenvalue weighted by atomic mass is 10.1. The molecule has 0 atom stereocenters. The standard InChI is InChI=1S/C17H18ClNO3/c1-11-4-7-16(12(2)8-11)22-10-13-5-6-14(18)9-15(13)19-17(20)21-3/h4-9H,10H2,1-3H3,(H,19,20). The van der Waals surface area contributed by atoms with Gasteiger partial charge in [0.05, 0.1) is 12.8 Å². The minimum atomic E-state index is -0.546. The molecule has 0 radical (unpaired) electrons. The third-order valence-electron chi connectivity index (χ3n) is 3.21. The van der Waals surface area contributed by atoms with E-state index in [2.05, 4.69) is 16.1 Å². The SMILES string of the molecule is COC(=O)Nc1cc(Cl)ccc1COc1ccc(C)cc1C. The van der Waals surface area contributed by atoms with Crippen LogP contribution < -0.4 is 10.1 Å². The van der Waals surface area contributed by atoms with Crippen LogP contribution in [0.4, 0.5) is 10.5 Å². The molecule has 0 spiro atoms. The highest BCUT2D eigenvalue weighted by Gasteiger charge is 2.09. The van der Waals surface area contributed by atoms with Crippen LogP contribution in [0, 0.1) is 13.8 Å². The van der Waals surface area contributed by atoms with Crippen LogP contribution in [0.2, 0.25) is 5.02 Å². The number of anilines is 1. The van der Waals surface area contributed by atoms with E-state index >= 15 is 0 Å². The van der Waals surface area contributed by atoms with Crippen LogP contribution in [-0.2, 0) is 11.3 Å². The number of benzene rings is 2. The zero-order valence-corrected chi connectivity index (χ0v) is 13.5. The summed E-state index contributed by atoms with van der Waals surface area (Å²) in [7, 11) is 1.31. The molecule has 1 amide bonds. The molecule has 0 heterocycles. The first-order chi connectivity index (χ1) is 10.5. The fourth-order valence-electron chi connectivity index (χ4n) is 2.07. The molecular weight excluding hydrogens is 302 g/mol. The van der Waals surface area contributed by atoms with Gasteiger partial charge in [-0.3, -0.25) is 5.32 Å². The van der Waals surface area contributed by atoms with Crippen molar-refractivity contribution < 1.29 is 14.3 Å². The van der Waals surface area contributed by atoms with Crippen molar-refractivity contribution in [2.24, 2.45) is 0 Å². The van der Waals surface area contributed by atoms with Gasteiger partial charge in [-0.15, -0.1) is 0 Å². The van der Waals surface area contributed by atoms with Gasteiger partial charge in [0.1, 0.15) is 12.4 Å². The molecule has 2 rings (SSSR count). The summed E-state index contributed by atoms with van der Waals surface area (Å²) >= 11 is 5.97. The van der Waals surface area contributed by atoms with Crippen LogP contribution in [0.5, 0.6) is 5.75 Å². The van der Waals surface area contributed by atoms with E-state index in [0.29, 0.717) is 17.3 Å². The number of hydrogen-bond donors (Lipinski definition) is 1. The molecule has 5 heteroatoms. The molecule has 0 aliphatic carbocycles. The molecule has 22 heavy (non-hydrogen) atoms. The Labute approximate surface area is 135 Å². The predicted octanol–water partition coefficient (Wildman–Crippen LogP) is 4.71. The quantitative estimate of drug-likeness (QED) is 0.887. The van der Waals surface area contributed by atoms with Crippen molar-refractivity contribution in [3.63, 3.8) is 0 Å². The summed E-state index contributed by atoms with van der Waals surface area (Å²) < 4.78 is 10.4. The summed E-state index contributed by atoms with van der Waals surface area (Å²) in [5.41, 5.74) is 3.64. The Balaban J connectivity index is 2.16. The van der Waals surface area contributed by atoms with Gasteiger partial charge in [0.15, 0.2) is 0 Å². The van der Waals surface area contributed by atoms with E-state index in [1.54, 1.807) is 12.1 Å². The number of hydrogen-bond acceptors (Lipinski definition) is 3. The predicted molar refractivity (Wildman–Crippen MR) is 87.7 cm³/mol. The summed E-state index contributed by atoms with van der Waals surface area (Å²) in [4.78, 5) is 11.4. The molecular formula is C17H18ClNO3. The molecule has 0 aliphatic heterocycles. The van der Waals surface area contributed by atoms with Gasteiger partial charge >= 0.3 is 6.09 Å². The van der Waals surface area contributed by atoms with Gasteiger partial charge in [0, 0.05) is 10.6 Å². The number of carbonyl (C=O) groups is 1. The Kier molecular flexibility index (Phi) is 5.28. The first-order valence-corrected chi connectivity index (χ1v) is 7.21. The number of halogens is 1. The zero-order valence-electron chi connectivity index (χ0n) is 12.8. The van der Waals surface area contributed by atoms with Crippen molar-refractivity contribution in [2.75, 3.05) is 12.4 Å². The molecule has 2 aromatic rings. The van der Waals surface area contributed by atoms with E-state index in [-0.39, 0.29) is 0 Å². The minimum absolute atomic E-state index is 0.320. The fourth-order valence-corrected chi connectivity index (χ4v) is 2.24. The molecule has 0 aliphatic rings. The van der Waals surface area contributed by atoms with Crippen LogP contribution in [0.3, 0.4) is 0 Å². The van der Waals surface area contributed by atoms with E-state index in [1.807, 2.05) is 32.0 Å². The fraction of sp³-hybridized carbons (Fsp3) is 0.235. The number of aryl methyl sites for hydroxylation is 2. The number of carbonyl (C=O) groups excluding carboxylic acids is 1. The normalized spacial score (nSPS) is 10.2. The van der Waals surface area contributed by atoms with Crippen molar-refractivity contribution in [1.29, 1.82) is 0 Å². The molecule has 0 fully saturated rings.